The average Bonchev–Trinajstić information content (AvgIpc) is 3.17. The molecular formula is C17H15ClN2OS3. The lowest BCUT2D eigenvalue weighted by atomic mass is 10.2. The highest BCUT2D eigenvalue weighted by molar-refractivity contribution is 7.80. The van der Waals surface area contributed by atoms with Crippen LogP contribution in [0.25, 0.3) is 11.3 Å². The van der Waals surface area contributed by atoms with Crippen LogP contribution in [-0.2, 0) is 4.74 Å². The molecule has 0 saturated carbocycles. The van der Waals surface area contributed by atoms with Gasteiger partial charge in [0.15, 0.2) is 5.13 Å². The van der Waals surface area contributed by atoms with E-state index < -0.39 is 0 Å². The number of hydrogen-bond donors (Lipinski definition) is 1. The van der Waals surface area contributed by atoms with Crippen LogP contribution in [0.15, 0.2) is 29.6 Å². The molecule has 0 unspecified atom stereocenters. The van der Waals surface area contributed by atoms with Crippen molar-refractivity contribution in [2.45, 2.75) is 13.8 Å². The van der Waals surface area contributed by atoms with Crippen molar-refractivity contribution in [2.75, 3.05) is 12.4 Å². The second kappa shape index (κ2) is 7.19. The summed E-state index contributed by atoms with van der Waals surface area (Å²) < 4.78 is 5.15. The lowest BCUT2D eigenvalue weighted by Gasteiger charge is -2.07. The summed E-state index contributed by atoms with van der Waals surface area (Å²) in [6, 6.07) is 7.83. The predicted molar refractivity (Wildman–Crippen MR) is 108 cm³/mol. The standard InChI is InChI=1S/C17H15ClN2OS3/c1-9-12(18)5-4-6-13(9)19-17-20-14(8-23-17)11-7-15(16(22)21-3)24-10(11)2/h4-8H,1-3H3,(H,19,20). The molecule has 0 aliphatic heterocycles. The number of nitrogens with zero attached hydrogens (tertiary/aromatic N) is 1. The zero-order valence-corrected chi connectivity index (χ0v) is 16.6. The number of halogens is 1. The van der Waals surface area contributed by atoms with Crippen molar-refractivity contribution >= 4 is 62.4 Å². The first kappa shape index (κ1) is 17.4. The van der Waals surface area contributed by atoms with Crippen molar-refractivity contribution in [1.82, 2.24) is 4.98 Å². The number of thiocarbonyl (C=S) groups is 1. The van der Waals surface area contributed by atoms with Crippen molar-refractivity contribution in [2.24, 2.45) is 0 Å². The molecule has 2 heterocycles. The van der Waals surface area contributed by atoms with Crippen LogP contribution in [0.5, 0.6) is 0 Å². The van der Waals surface area contributed by atoms with Gasteiger partial charge in [-0.3, -0.25) is 0 Å². The molecule has 0 aliphatic carbocycles. The highest BCUT2D eigenvalue weighted by Crippen LogP contribution is 2.35. The Hall–Kier alpha value is -1.47. The Balaban J connectivity index is 1.87. The summed E-state index contributed by atoms with van der Waals surface area (Å²) in [4.78, 5) is 6.81. The van der Waals surface area contributed by atoms with Crippen LogP contribution in [-0.4, -0.2) is 17.1 Å². The highest BCUT2D eigenvalue weighted by Gasteiger charge is 2.14. The Labute approximate surface area is 159 Å². The molecule has 0 fully saturated rings. The van der Waals surface area contributed by atoms with Crippen LogP contribution in [0.2, 0.25) is 5.02 Å². The number of nitrogens with one attached hydrogen (secondary N) is 1. The molecule has 2 aromatic heterocycles. The fourth-order valence-corrected chi connectivity index (χ4v) is 4.28. The maximum Gasteiger partial charge on any atom is 0.201 e. The van der Waals surface area contributed by atoms with E-state index in [4.69, 9.17) is 33.5 Å². The third-order valence-corrected chi connectivity index (χ3v) is 6.33. The second-order valence-corrected chi connectivity index (χ2v) is 8.04. The topological polar surface area (TPSA) is 34.1 Å². The molecule has 124 valence electrons. The van der Waals surface area contributed by atoms with Crippen molar-refractivity contribution in [3.05, 3.63) is 50.0 Å². The normalized spacial score (nSPS) is 10.7. The van der Waals surface area contributed by atoms with Crippen LogP contribution < -0.4 is 5.32 Å². The van der Waals surface area contributed by atoms with Gasteiger partial charge in [-0.2, -0.15) is 0 Å². The van der Waals surface area contributed by atoms with Crippen molar-refractivity contribution < 1.29 is 4.74 Å². The molecule has 1 N–H and O–H groups in total. The molecule has 0 spiro atoms. The number of ether oxygens (including phenoxy) is 1. The van der Waals surface area contributed by atoms with Crippen molar-refractivity contribution in [3.8, 4) is 11.3 Å². The van der Waals surface area contributed by atoms with E-state index in [1.54, 1.807) is 29.8 Å². The summed E-state index contributed by atoms with van der Waals surface area (Å²) in [5.74, 6) is 0. The van der Waals surface area contributed by atoms with Gasteiger partial charge in [0.25, 0.3) is 0 Å². The van der Waals surface area contributed by atoms with Crippen LogP contribution in [0, 0.1) is 13.8 Å². The highest BCUT2D eigenvalue weighted by atomic mass is 35.5. The quantitative estimate of drug-likeness (QED) is 0.533. The van der Waals surface area contributed by atoms with E-state index in [1.165, 1.54) is 4.88 Å². The molecule has 3 aromatic rings. The van der Waals surface area contributed by atoms with Gasteiger partial charge < -0.3 is 10.1 Å². The van der Waals surface area contributed by atoms with E-state index in [2.05, 4.69) is 12.2 Å². The number of methoxy groups -OCH3 is 1. The lowest BCUT2D eigenvalue weighted by Crippen LogP contribution is -1.95. The average molecular weight is 395 g/mol. The third-order valence-electron chi connectivity index (χ3n) is 3.59. The number of thiophene rings is 1. The Morgan fingerprint density at radius 3 is 2.88 bits per heavy atom. The minimum Gasteiger partial charge on any atom is -0.486 e. The first-order valence-corrected chi connectivity index (χ1v) is 9.64. The maximum atomic E-state index is 6.17. The first-order chi connectivity index (χ1) is 11.5. The maximum absolute atomic E-state index is 6.17. The molecule has 24 heavy (non-hydrogen) atoms. The predicted octanol–water partition coefficient (Wildman–Crippen LogP) is 6.21. The van der Waals surface area contributed by atoms with E-state index in [0.717, 1.165) is 37.5 Å². The number of aromatic nitrogens is 1. The Kier molecular flexibility index (Phi) is 5.20. The fourth-order valence-electron chi connectivity index (χ4n) is 2.25. The van der Waals surface area contributed by atoms with Crippen molar-refractivity contribution in [3.63, 3.8) is 0 Å². The zero-order valence-electron chi connectivity index (χ0n) is 13.3. The van der Waals surface area contributed by atoms with E-state index in [9.17, 15) is 0 Å². The minimum atomic E-state index is 0.512. The first-order valence-electron chi connectivity index (χ1n) is 7.16. The minimum absolute atomic E-state index is 0.512. The number of benzene rings is 1. The number of hydrogen-bond acceptors (Lipinski definition) is 6. The van der Waals surface area contributed by atoms with Gasteiger partial charge in [-0.15, -0.1) is 22.7 Å². The fraction of sp³-hybridized carbons (Fsp3) is 0.176. The summed E-state index contributed by atoms with van der Waals surface area (Å²) in [5.41, 5.74) is 3.99. The molecule has 7 heteroatoms. The Bertz CT molecular complexity index is 901. The molecule has 0 bridgehead atoms. The van der Waals surface area contributed by atoms with E-state index >= 15 is 0 Å². The summed E-state index contributed by atoms with van der Waals surface area (Å²) in [6.45, 7) is 4.05. The molecule has 3 nitrogen and oxygen atoms in total. The van der Waals surface area contributed by atoms with Crippen LogP contribution in [0.3, 0.4) is 0 Å². The molecule has 0 amide bonds. The number of anilines is 2. The van der Waals surface area contributed by atoms with Gasteiger partial charge in [0, 0.05) is 26.5 Å². The van der Waals surface area contributed by atoms with Gasteiger partial charge in [-0.1, -0.05) is 17.7 Å². The van der Waals surface area contributed by atoms with Gasteiger partial charge >= 0.3 is 0 Å². The monoisotopic (exact) mass is 394 g/mol. The van der Waals surface area contributed by atoms with Gasteiger partial charge in [-0.05, 0) is 49.8 Å². The molecule has 0 radical (unpaired) electrons. The van der Waals surface area contributed by atoms with Gasteiger partial charge in [-0.25, -0.2) is 4.98 Å². The molecule has 3 rings (SSSR count). The summed E-state index contributed by atoms with van der Waals surface area (Å²) in [5, 5.41) is 7.46. The lowest BCUT2D eigenvalue weighted by molar-refractivity contribution is 0.417. The zero-order chi connectivity index (χ0) is 17.3. The number of aryl methyl sites for hydroxylation is 1. The Morgan fingerprint density at radius 1 is 1.33 bits per heavy atom. The van der Waals surface area contributed by atoms with Crippen LogP contribution >= 0.6 is 46.5 Å². The van der Waals surface area contributed by atoms with Gasteiger partial charge in [0.05, 0.1) is 17.7 Å². The van der Waals surface area contributed by atoms with E-state index in [0.29, 0.717) is 5.05 Å². The third kappa shape index (κ3) is 3.47. The van der Waals surface area contributed by atoms with Gasteiger partial charge in [0.2, 0.25) is 5.05 Å². The van der Waals surface area contributed by atoms with Crippen LogP contribution in [0.4, 0.5) is 10.8 Å². The molecule has 0 saturated heterocycles. The second-order valence-electron chi connectivity index (χ2n) is 5.15. The molecule has 0 aliphatic rings. The van der Waals surface area contributed by atoms with Crippen molar-refractivity contribution in [1.29, 1.82) is 0 Å². The number of rotatable bonds is 4. The smallest absolute Gasteiger partial charge is 0.201 e. The summed E-state index contributed by atoms with van der Waals surface area (Å²) in [7, 11) is 1.59. The van der Waals surface area contributed by atoms with E-state index in [1.807, 2.05) is 36.6 Å². The summed E-state index contributed by atoms with van der Waals surface area (Å²) >= 11 is 14.6. The SMILES string of the molecule is COC(=S)c1cc(-c2csc(Nc3cccc(Cl)c3C)n2)c(C)s1. The number of thiazole rings is 1. The molecular weight excluding hydrogens is 380 g/mol. The molecule has 0 atom stereocenters. The van der Waals surface area contributed by atoms with Gasteiger partial charge in [0.1, 0.15) is 0 Å². The summed E-state index contributed by atoms with van der Waals surface area (Å²) in [6.07, 6.45) is 0. The molecule has 1 aromatic carbocycles. The van der Waals surface area contributed by atoms with E-state index in [-0.39, 0.29) is 0 Å². The largest absolute Gasteiger partial charge is 0.486 e. The van der Waals surface area contributed by atoms with Crippen LogP contribution in [0.1, 0.15) is 15.3 Å². The Morgan fingerprint density at radius 2 is 2.12 bits per heavy atom.